The van der Waals surface area contributed by atoms with Crippen LogP contribution in [-0.4, -0.2) is 45.1 Å². The molecule has 10 heteroatoms. The first-order valence-electron chi connectivity index (χ1n) is 9.47. The van der Waals surface area contributed by atoms with E-state index in [1.807, 2.05) is 18.2 Å². The van der Waals surface area contributed by atoms with Gasteiger partial charge in [-0.25, -0.2) is 13.8 Å². The molecule has 31 heavy (non-hydrogen) atoms. The van der Waals surface area contributed by atoms with Gasteiger partial charge in [0.1, 0.15) is 5.82 Å². The van der Waals surface area contributed by atoms with Crippen molar-refractivity contribution in [2.24, 2.45) is 0 Å². The van der Waals surface area contributed by atoms with Gasteiger partial charge in [0.25, 0.3) is 11.8 Å². The summed E-state index contributed by atoms with van der Waals surface area (Å²) in [6.07, 6.45) is 4.72. The first kappa shape index (κ1) is 18.9. The van der Waals surface area contributed by atoms with Crippen LogP contribution in [0.5, 0.6) is 0 Å². The molecule has 8 nitrogen and oxygen atoms in total. The van der Waals surface area contributed by atoms with E-state index in [0.717, 1.165) is 11.1 Å². The standard InChI is InChI=1S/C21H17F2N7O/c22-21(23)10-30(11-21)18-7-15(3-4-26-18)27-20(31)19-16-6-12(1-2-17(16)28-29-19)13-5-14(24)9-25-8-13/h1-9H,10-11,24H2,(H,28,29)(H,26,27,31). The van der Waals surface area contributed by atoms with E-state index in [-0.39, 0.29) is 18.8 Å². The van der Waals surface area contributed by atoms with E-state index in [9.17, 15) is 13.6 Å². The number of alkyl halides is 2. The van der Waals surface area contributed by atoms with E-state index in [1.54, 1.807) is 30.6 Å². The zero-order valence-electron chi connectivity index (χ0n) is 16.1. The van der Waals surface area contributed by atoms with Crippen LogP contribution in [0.25, 0.3) is 22.0 Å². The summed E-state index contributed by atoms with van der Waals surface area (Å²) in [4.78, 5) is 22.5. The average Bonchev–Trinajstić information content (AvgIpc) is 3.15. The second kappa shape index (κ2) is 7.01. The van der Waals surface area contributed by atoms with Gasteiger partial charge in [0.15, 0.2) is 5.69 Å². The number of pyridine rings is 2. The number of nitrogen functional groups attached to an aromatic ring is 1. The van der Waals surface area contributed by atoms with E-state index < -0.39 is 11.8 Å². The second-order valence-electron chi connectivity index (χ2n) is 7.41. The number of nitrogens with one attached hydrogen (secondary N) is 2. The Morgan fingerprint density at radius 1 is 1.13 bits per heavy atom. The lowest BCUT2D eigenvalue weighted by Crippen LogP contribution is -2.56. The summed E-state index contributed by atoms with van der Waals surface area (Å²) in [6.45, 7) is -0.772. The van der Waals surface area contributed by atoms with Crippen molar-refractivity contribution < 1.29 is 13.6 Å². The fourth-order valence-corrected chi connectivity index (χ4v) is 3.52. The van der Waals surface area contributed by atoms with Crippen LogP contribution in [0, 0.1) is 0 Å². The Morgan fingerprint density at radius 3 is 2.74 bits per heavy atom. The Balaban J connectivity index is 1.41. The van der Waals surface area contributed by atoms with E-state index in [1.165, 1.54) is 11.1 Å². The van der Waals surface area contributed by atoms with Crippen LogP contribution in [0.1, 0.15) is 10.5 Å². The quantitative estimate of drug-likeness (QED) is 0.466. The van der Waals surface area contributed by atoms with Gasteiger partial charge in [0, 0.05) is 41.3 Å². The number of rotatable bonds is 4. The number of hydrogen-bond donors (Lipinski definition) is 3. The van der Waals surface area contributed by atoms with Crippen LogP contribution in [0.2, 0.25) is 0 Å². The SMILES string of the molecule is Nc1cncc(-c2ccc3[nH]nc(C(=O)Nc4ccnc(N5CC(F)(F)C5)c4)c3c2)c1. The number of halogens is 2. The van der Waals surface area contributed by atoms with E-state index in [2.05, 4.69) is 25.5 Å². The number of fused-ring (bicyclic) bond motifs is 1. The summed E-state index contributed by atoms with van der Waals surface area (Å²) in [5.74, 6) is -2.75. The highest BCUT2D eigenvalue weighted by atomic mass is 19.3. The molecule has 1 aliphatic heterocycles. The maximum absolute atomic E-state index is 13.1. The van der Waals surface area contributed by atoms with Gasteiger partial charge in [-0.3, -0.25) is 14.9 Å². The molecule has 1 fully saturated rings. The van der Waals surface area contributed by atoms with Crippen LogP contribution in [0.15, 0.2) is 55.0 Å². The third-order valence-electron chi connectivity index (χ3n) is 5.04. The maximum Gasteiger partial charge on any atom is 0.282 e. The predicted octanol–water partition coefficient (Wildman–Crippen LogP) is 3.31. The molecule has 4 aromatic rings. The van der Waals surface area contributed by atoms with Crippen molar-refractivity contribution in [1.29, 1.82) is 0 Å². The molecule has 5 rings (SSSR count). The minimum atomic E-state index is -2.70. The number of hydrogen-bond acceptors (Lipinski definition) is 6. The zero-order chi connectivity index (χ0) is 21.6. The van der Waals surface area contributed by atoms with Gasteiger partial charge >= 0.3 is 0 Å². The zero-order valence-corrected chi connectivity index (χ0v) is 16.1. The van der Waals surface area contributed by atoms with Gasteiger partial charge in [0.2, 0.25) is 0 Å². The molecule has 156 valence electrons. The summed E-state index contributed by atoms with van der Waals surface area (Å²) in [5.41, 5.74) is 9.37. The van der Waals surface area contributed by atoms with Crippen LogP contribution in [-0.2, 0) is 0 Å². The number of aromatic nitrogens is 4. The molecule has 1 amide bonds. The van der Waals surface area contributed by atoms with Crippen molar-refractivity contribution in [3.8, 4) is 11.1 Å². The summed E-state index contributed by atoms with van der Waals surface area (Å²) < 4.78 is 26.3. The number of amides is 1. The van der Waals surface area contributed by atoms with Crippen molar-refractivity contribution in [2.45, 2.75) is 5.92 Å². The van der Waals surface area contributed by atoms with Gasteiger partial charge in [-0.15, -0.1) is 0 Å². The van der Waals surface area contributed by atoms with Gasteiger partial charge in [-0.05, 0) is 29.8 Å². The Kier molecular flexibility index (Phi) is 4.28. The molecule has 1 aliphatic rings. The lowest BCUT2D eigenvalue weighted by molar-refractivity contribution is -0.0267. The number of anilines is 3. The average molecular weight is 421 g/mol. The molecule has 0 saturated carbocycles. The molecule has 0 unspecified atom stereocenters. The van der Waals surface area contributed by atoms with Gasteiger partial charge in [0.05, 0.1) is 24.3 Å². The summed E-state index contributed by atoms with van der Waals surface area (Å²) in [5, 5.41) is 10.4. The maximum atomic E-state index is 13.1. The third kappa shape index (κ3) is 3.63. The monoisotopic (exact) mass is 421 g/mol. The van der Waals surface area contributed by atoms with Crippen molar-refractivity contribution in [2.75, 3.05) is 29.0 Å². The minimum absolute atomic E-state index is 0.211. The molecule has 0 bridgehead atoms. The van der Waals surface area contributed by atoms with Crippen molar-refractivity contribution >= 4 is 34.0 Å². The normalized spacial score (nSPS) is 15.0. The smallest absolute Gasteiger partial charge is 0.282 e. The van der Waals surface area contributed by atoms with E-state index in [0.29, 0.717) is 28.1 Å². The third-order valence-corrected chi connectivity index (χ3v) is 5.04. The van der Waals surface area contributed by atoms with E-state index >= 15 is 0 Å². The highest BCUT2D eigenvalue weighted by Crippen LogP contribution is 2.32. The largest absolute Gasteiger partial charge is 0.397 e. The molecule has 0 atom stereocenters. The Hall–Kier alpha value is -4.08. The number of benzene rings is 1. The molecule has 4 N–H and O–H groups in total. The number of nitrogens with zero attached hydrogens (tertiary/aromatic N) is 4. The Bertz CT molecular complexity index is 1300. The van der Waals surface area contributed by atoms with Crippen LogP contribution >= 0.6 is 0 Å². The molecule has 4 heterocycles. The Labute approximate surface area is 175 Å². The lowest BCUT2D eigenvalue weighted by atomic mass is 10.0. The molecule has 0 spiro atoms. The van der Waals surface area contributed by atoms with Gasteiger partial charge < -0.3 is 16.0 Å². The molecule has 3 aromatic heterocycles. The van der Waals surface area contributed by atoms with Gasteiger partial charge in [-0.2, -0.15) is 5.10 Å². The fraction of sp³-hybridized carbons (Fsp3) is 0.143. The van der Waals surface area contributed by atoms with Crippen molar-refractivity contribution in [1.82, 2.24) is 20.2 Å². The summed E-state index contributed by atoms with van der Waals surface area (Å²) in [6, 6.07) is 10.5. The fourth-order valence-electron chi connectivity index (χ4n) is 3.52. The molecule has 1 saturated heterocycles. The number of aromatic amines is 1. The van der Waals surface area contributed by atoms with Gasteiger partial charge in [-0.1, -0.05) is 6.07 Å². The topological polar surface area (TPSA) is 113 Å². The van der Waals surface area contributed by atoms with Crippen LogP contribution in [0.3, 0.4) is 0 Å². The van der Waals surface area contributed by atoms with Crippen molar-refractivity contribution in [3.63, 3.8) is 0 Å². The summed E-state index contributed by atoms with van der Waals surface area (Å²) >= 11 is 0. The first-order chi connectivity index (χ1) is 14.9. The van der Waals surface area contributed by atoms with Crippen LogP contribution in [0.4, 0.5) is 26.0 Å². The molecule has 0 radical (unpaired) electrons. The van der Waals surface area contributed by atoms with Crippen LogP contribution < -0.4 is 16.0 Å². The minimum Gasteiger partial charge on any atom is -0.397 e. The lowest BCUT2D eigenvalue weighted by Gasteiger charge is -2.39. The number of H-pyrrole nitrogens is 1. The number of nitrogens with two attached hydrogens (primary N) is 1. The number of carbonyl (C=O) groups excluding carboxylic acids is 1. The number of carbonyl (C=O) groups is 1. The van der Waals surface area contributed by atoms with Crippen molar-refractivity contribution in [3.05, 3.63) is 60.7 Å². The summed E-state index contributed by atoms with van der Waals surface area (Å²) in [7, 11) is 0. The predicted molar refractivity (Wildman–Crippen MR) is 113 cm³/mol. The van der Waals surface area contributed by atoms with E-state index in [4.69, 9.17) is 5.73 Å². The Morgan fingerprint density at radius 2 is 1.97 bits per heavy atom. The molecular formula is C21H17F2N7O. The molecular weight excluding hydrogens is 404 g/mol. The highest BCUT2D eigenvalue weighted by molar-refractivity contribution is 6.11. The molecule has 1 aromatic carbocycles. The highest BCUT2D eigenvalue weighted by Gasteiger charge is 2.44. The second-order valence-corrected chi connectivity index (χ2v) is 7.41. The first-order valence-corrected chi connectivity index (χ1v) is 9.47. The molecule has 0 aliphatic carbocycles.